The fraction of sp³-hybridized carbons (Fsp3) is 0.103. The van der Waals surface area contributed by atoms with Gasteiger partial charge < -0.3 is 4.74 Å². The van der Waals surface area contributed by atoms with Gasteiger partial charge in [-0.25, -0.2) is 4.68 Å². The number of para-hydroxylation sites is 1. The summed E-state index contributed by atoms with van der Waals surface area (Å²) in [6.07, 6.45) is 3.83. The Hall–Kier alpha value is -4.56. The number of aromatic nitrogens is 5. The highest BCUT2D eigenvalue weighted by atomic mass is 32.1. The molecule has 0 amide bonds. The summed E-state index contributed by atoms with van der Waals surface area (Å²) in [5, 5.41) is 9.35. The van der Waals surface area contributed by atoms with E-state index in [1.165, 1.54) is 21.4 Å². The van der Waals surface area contributed by atoms with E-state index < -0.39 is 0 Å². The normalized spacial score (nSPS) is 11.9. The summed E-state index contributed by atoms with van der Waals surface area (Å²) >= 11 is 1.32. The number of aryl methyl sites for hydroxylation is 1. The molecule has 0 atom stereocenters. The first-order valence-electron chi connectivity index (χ1n) is 12.0. The van der Waals surface area contributed by atoms with E-state index in [2.05, 4.69) is 29.1 Å². The van der Waals surface area contributed by atoms with Gasteiger partial charge in [0.1, 0.15) is 5.75 Å². The van der Waals surface area contributed by atoms with Crippen LogP contribution in [-0.2, 0) is 0 Å². The van der Waals surface area contributed by atoms with Gasteiger partial charge >= 0.3 is 0 Å². The van der Waals surface area contributed by atoms with E-state index >= 15 is 0 Å². The molecule has 6 rings (SSSR count). The van der Waals surface area contributed by atoms with Gasteiger partial charge in [0, 0.05) is 22.9 Å². The van der Waals surface area contributed by atoms with Crippen molar-refractivity contribution >= 4 is 22.4 Å². The molecular weight excluding hydrogens is 482 g/mol. The van der Waals surface area contributed by atoms with Crippen LogP contribution in [0, 0.1) is 6.92 Å². The van der Waals surface area contributed by atoms with Crippen LogP contribution in [0.3, 0.4) is 0 Å². The second-order valence-corrected chi connectivity index (χ2v) is 9.59. The third-order valence-corrected chi connectivity index (χ3v) is 6.94. The van der Waals surface area contributed by atoms with Crippen molar-refractivity contribution in [3.05, 3.63) is 111 Å². The van der Waals surface area contributed by atoms with Crippen molar-refractivity contribution in [2.75, 3.05) is 6.61 Å². The molecule has 0 unspecified atom stereocenters. The van der Waals surface area contributed by atoms with Crippen LogP contribution in [0.15, 0.2) is 89.9 Å². The first-order chi connectivity index (χ1) is 18.1. The minimum Gasteiger partial charge on any atom is -0.494 e. The highest BCUT2D eigenvalue weighted by molar-refractivity contribution is 7.15. The SMILES string of the molecule is CCOc1ccc(-c2nc3sc(=Cc4cn(-c5ccccc5)nc4-c4ccc(C)cc4)c(=O)n3n2)cc1. The zero-order valence-corrected chi connectivity index (χ0v) is 21.1. The molecule has 37 heavy (non-hydrogen) atoms. The Morgan fingerprint density at radius 1 is 0.919 bits per heavy atom. The summed E-state index contributed by atoms with van der Waals surface area (Å²) in [5.74, 6) is 1.30. The molecule has 0 spiro atoms. The molecule has 3 aromatic heterocycles. The number of ether oxygens (including phenoxy) is 1. The molecule has 0 aliphatic rings. The van der Waals surface area contributed by atoms with E-state index in [9.17, 15) is 4.79 Å². The lowest BCUT2D eigenvalue weighted by Crippen LogP contribution is -2.23. The van der Waals surface area contributed by atoms with Crippen molar-refractivity contribution in [2.24, 2.45) is 0 Å². The average Bonchev–Trinajstić information content (AvgIpc) is 3.61. The second-order valence-electron chi connectivity index (χ2n) is 8.58. The molecular formula is C29H23N5O2S. The minimum atomic E-state index is -0.202. The third-order valence-electron chi connectivity index (χ3n) is 5.98. The number of rotatable bonds is 6. The summed E-state index contributed by atoms with van der Waals surface area (Å²) < 4.78 is 9.26. The summed E-state index contributed by atoms with van der Waals surface area (Å²) in [7, 11) is 0. The van der Waals surface area contributed by atoms with Crippen LogP contribution < -0.4 is 14.8 Å². The fourth-order valence-corrected chi connectivity index (χ4v) is 5.00. The standard InChI is InChI=1S/C29H23N5O2S/c1-3-36-24-15-13-21(14-16-24)27-30-29-34(32-27)28(35)25(37-29)17-22-18-33(23-7-5-4-6-8-23)31-26(22)20-11-9-19(2)10-12-20/h4-18H,3H2,1-2H3. The molecule has 0 saturated heterocycles. The lowest BCUT2D eigenvalue weighted by atomic mass is 10.1. The Kier molecular flexibility index (Phi) is 5.86. The minimum absolute atomic E-state index is 0.202. The molecule has 3 aromatic carbocycles. The Bertz CT molecular complexity index is 1800. The number of hydrogen-bond acceptors (Lipinski definition) is 6. The highest BCUT2D eigenvalue weighted by Crippen LogP contribution is 2.25. The van der Waals surface area contributed by atoms with Crippen LogP contribution >= 0.6 is 11.3 Å². The predicted octanol–water partition coefficient (Wildman–Crippen LogP) is 4.93. The van der Waals surface area contributed by atoms with Crippen LogP contribution in [-0.4, -0.2) is 31.0 Å². The van der Waals surface area contributed by atoms with Crippen LogP contribution in [0.25, 0.3) is 39.4 Å². The van der Waals surface area contributed by atoms with E-state index in [4.69, 9.17) is 9.84 Å². The molecule has 0 aliphatic heterocycles. The zero-order chi connectivity index (χ0) is 25.4. The average molecular weight is 506 g/mol. The summed E-state index contributed by atoms with van der Waals surface area (Å²) in [6.45, 7) is 4.60. The maximum Gasteiger partial charge on any atom is 0.291 e. The smallest absolute Gasteiger partial charge is 0.291 e. The monoisotopic (exact) mass is 505 g/mol. The van der Waals surface area contributed by atoms with Crippen LogP contribution in [0.1, 0.15) is 18.1 Å². The predicted molar refractivity (Wildman–Crippen MR) is 146 cm³/mol. The van der Waals surface area contributed by atoms with Crippen LogP contribution in [0.2, 0.25) is 0 Å². The second kappa shape index (κ2) is 9.48. The highest BCUT2D eigenvalue weighted by Gasteiger charge is 2.15. The Labute approximate surface area is 216 Å². The van der Waals surface area contributed by atoms with Gasteiger partial charge in [-0.3, -0.25) is 4.79 Å². The molecule has 0 radical (unpaired) electrons. The van der Waals surface area contributed by atoms with E-state index in [0.29, 0.717) is 21.9 Å². The lowest BCUT2D eigenvalue weighted by molar-refractivity contribution is 0.340. The van der Waals surface area contributed by atoms with Crippen molar-refractivity contribution in [3.63, 3.8) is 0 Å². The number of fused-ring (bicyclic) bond motifs is 1. The molecule has 7 nitrogen and oxygen atoms in total. The molecule has 3 heterocycles. The Morgan fingerprint density at radius 3 is 2.35 bits per heavy atom. The summed E-state index contributed by atoms with van der Waals surface area (Å²) in [6, 6.07) is 25.7. The van der Waals surface area contributed by atoms with Gasteiger partial charge in [0.05, 0.1) is 22.5 Å². The molecule has 0 bridgehead atoms. The van der Waals surface area contributed by atoms with E-state index in [0.717, 1.165) is 33.8 Å². The largest absolute Gasteiger partial charge is 0.494 e. The first kappa shape index (κ1) is 22.9. The Balaban J connectivity index is 1.43. The summed E-state index contributed by atoms with van der Waals surface area (Å²) in [5.41, 5.74) is 5.38. The maximum atomic E-state index is 13.3. The zero-order valence-electron chi connectivity index (χ0n) is 20.3. The van der Waals surface area contributed by atoms with E-state index in [-0.39, 0.29) is 5.56 Å². The number of nitrogens with zero attached hydrogens (tertiary/aromatic N) is 5. The molecule has 182 valence electrons. The topological polar surface area (TPSA) is 74.3 Å². The van der Waals surface area contributed by atoms with Crippen molar-refractivity contribution in [1.29, 1.82) is 0 Å². The first-order valence-corrected chi connectivity index (χ1v) is 12.8. The lowest BCUT2D eigenvalue weighted by Gasteiger charge is -2.02. The van der Waals surface area contributed by atoms with Crippen LogP contribution in [0.5, 0.6) is 5.75 Å². The molecule has 8 heteroatoms. The van der Waals surface area contributed by atoms with Gasteiger partial charge in [0.2, 0.25) is 4.96 Å². The number of benzene rings is 3. The maximum absolute atomic E-state index is 13.3. The van der Waals surface area contributed by atoms with Crippen LogP contribution in [0.4, 0.5) is 0 Å². The van der Waals surface area contributed by atoms with Gasteiger partial charge in [-0.1, -0.05) is 59.4 Å². The molecule has 0 N–H and O–H groups in total. The van der Waals surface area contributed by atoms with Gasteiger partial charge in [0.25, 0.3) is 5.56 Å². The van der Waals surface area contributed by atoms with Gasteiger partial charge in [0.15, 0.2) is 5.82 Å². The van der Waals surface area contributed by atoms with Gasteiger partial charge in [-0.05, 0) is 56.3 Å². The number of hydrogen-bond donors (Lipinski definition) is 0. The van der Waals surface area contributed by atoms with Crippen molar-refractivity contribution in [3.8, 4) is 34.1 Å². The van der Waals surface area contributed by atoms with Gasteiger partial charge in [-0.15, -0.1) is 5.10 Å². The fourth-order valence-electron chi connectivity index (χ4n) is 4.11. The van der Waals surface area contributed by atoms with Crippen molar-refractivity contribution < 1.29 is 4.74 Å². The third kappa shape index (κ3) is 4.43. The molecule has 0 fully saturated rings. The quantitative estimate of drug-likeness (QED) is 0.321. The molecule has 0 saturated carbocycles. The Morgan fingerprint density at radius 2 is 1.65 bits per heavy atom. The van der Waals surface area contributed by atoms with Gasteiger partial charge in [-0.2, -0.15) is 14.6 Å². The summed E-state index contributed by atoms with van der Waals surface area (Å²) in [4.78, 5) is 18.4. The van der Waals surface area contributed by atoms with E-state index in [1.54, 1.807) is 0 Å². The van der Waals surface area contributed by atoms with Crippen molar-refractivity contribution in [2.45, 2.75) is 13.8 Å². The van der Waals surface area contributed by atoms with E-state index in [1.807, 2.05) is 90.6 Å². The number of thiazole rings is 1. The molecule has 0 aliphatic carbocycles. The van der Waals surface area contributed by atoms with Crippen molar-refractivity contribution in [1.82, 2.24) is 24.4 Å². The molecule has 6 aromatic rings.